The van der Waals surface area contributed by atoms with Crippen LogP contribution in [0.25, 0.3) is 0 Å². The number of carbonyl (C=O) groups excluding carboxylic acids is 2. The molecule has 1 aromatic carbocycles. The summed E-state index contributed by atoms with van der Waals surface area (Å²) < 4.78 is 24.9. The molecule has 0 aliphatic carbocycles. The van der Waals surface area contributed by atoms with E-state index in [0.29, 0.717) is 0 Å². The van der Waals surface area contributed by atoms with E-state index in [0.717, 1.165) is 0 Å². The van der Waals surface area contributed by atoms with E-state index in [1.54, 1.807) is 0 Å². The first-order valence-electron chi connectivity index (χ1n) is 3.74. The van der Waals surface area contributed by atoms with Gasteiger partial charge in [0.2, 0.25) is 12.2 Å². The van der Waals surface area contributed by atoms with Crippen molar-refractivity contribution < 1.29 is 22.5 Å². The van der Waals surface area contributed by atoms with Gasteiger partial charge in [0.25, 0.3) is 0 Å². The largest absolute Gasteiger partial charge is 0.740 e. The summed E-state index contributed by atoms with van der Waals surface area (Å²) in [6.07, 6.45) is 2.52. The van der Waals surface area contributed by atoms with Crippen LogP contribution in [0.1, 0.15) is 0 Å². The Kier molecular flexibility index (Phi) is 4.26. The molecule has 16 heavy (non-hydrogen) atoms. The van der Waals surface area contributed by atoms with Crippen molar-refractivity contribution in [3.05, 3.63) is 18.2 Å². The molecule has 1 atom stereocenters. The third kappa shape index (κ3) is 3.56. The minimum absolute atomic E-state index is 0.0620. The van der Waals surface area contributed by atoms with Gasteiger partial charge in [0, 0.05) is 12.1 Å². The lowest BCUT2D eigenvalue weighted by atomic mass is 10.2. The quantitative estimate of drug-likeness (QED) is 0.438. The van der Waals surface area contributed by atoms with Crippen molar-refractivity contribution in [3.8, 4) is 5.75 Å². The van der Waals surface area contributed by atoms with Crippen molar-refractivity contribution in [1.82, 2.24) is 0 Å². The molecular formula is C8H3N2O5S-. The summed E-state index contributed by atoms with van der Waals surface area (Å²) in [5.74, 6) is -0.126. The van der Waals surface area contributed by atoms with Crippen molar-refractivity contribution in [2.75, 3.05) is 0 Å². The smallest absolute Gasteiger partial charge is 0.240 e. The number of benzene rings is 1. The van der Waals surface area contributed by atoms with Crippen molar-refractivity contribution in [3.63, 3.8) is 0 Å². The van der Waals surface area contributed by atoms with Crippen LogP contribution in [0.15, 0.2) is 28.2 Å². The molecule has 0 amide bonds. The molecule has 8 heteroatoms. The maximum atomic E-state index is 10.3. The zero-order chi connectivity index (χ0) is 12.0. The van der Waals surface area contributed by atoms with Gasteiger partial charge in [-0.2, -0.15) is 9.98 Å². The topological polar surface area (TPSA) is 108 Å². The molecule has 0 aliphatic rings. The first-order chi connectivity index (χ1) is 7.65. The summed E-state index contributed by atoms with van der Waals surface area (Å²) in [5.41, 5.74) is 0.124. The van der Waals surface area contributed by atoms with E-state index in [9.17, 15) is 18.4 Å². The van der Waals surface area contributed by atoms with Crippen LogP contribution >= 0.6 is 0 Å². The zero-order valence-corrected chi connectivity index (χ0v) is 8.39. The fourth-order valence-corrected chi connectivity index (χ4v) is 1.18. The van der Waals surface area contributed by atoms with E-state index >= 15 is 0 Å². The molecule has 0 aliphatic heterocycles. The van der Waals surface area contributed by atoms with Crippen LogP contribution in [0.4, 0.5) is 11.4 Å². The van der Waals surface area contributed by atoms with E-state index in [4.69, 9.17) is 0 Å². The van der Waals surface area contributed by atoms with Gasteiger partial charge >= 0.3 is 0 Å². The molecule has 0 radical (unpaired) electrons. The molecule has 1 rings (SSSR count). The zero-order valence-electron chi connectivity index (χ0n) is 7.58. The van der Waals surface area contributed by atoms with Gasteiger partial charge in [-0.15, -0.1) is 0 Å². The highest BCUT2D eigenvalue weighted by Crippen LogP contribution is 2.28. The van der Waals surface area contributed by atoms with Crippen LogP contribution in [-0.2, 0) is 21.0 Å². The van der Waals surface area contributed by atoms with Gasteiger partial charge in [-0.25, -0.2) is 13.8 Å². The van der Waals surface area contributed by atoms with Crippen molar-refractivity contribution >= 4 is 34.9 Å². The Morgan fingerprint density at radius 1 is 1.12 bits per heavy atom. The Morgan fingerprint density at radius 2 is 1.62 bits per heavy atom. The second kappa shape index (κ2) is 5.69. The fraction of sp³-hybridized carbons (Fsp3) is 0. The first-order valence-corrected chi connectivity index (χ1v) is 4.74. The number of hydrogen-bond acceptors (Lipinski definition) is 7. The van der Waals surface area contributed by atoms with E-state index in [2.05, 4.69) is 14.2 Å². The Labute approximate surface area is 92.0 Å². The molecule has 7 nitrogen and oxygen atoms in total. The van der Waals surface area contributed by atoms with Gasteiger partial charge in [0.15, 0.2) is 0 Å². The molecule has 1 aromatic rings. The number of isocyanates is 2. The van der Waals surface area contributed by atoms with Gasteiger partial charge < -0.3 is 8.74 Å². The molecular weight excluding hydrogens is 236 g/mol. The second-order valence-corrected chi connectivity index (χ2v) is 2.95. The van der Waals surface area contributed by atoms with Gasteiger partial charge in [0.1, 0.15) is 17.1 Å². The molecule has 0 saturated heterocycles. The highest BCUT2D eigenvalue weighted by Gasteiger charge is 2.01. The van der Waals surface area contributed by atoms with Gasteiger partial charge in [0.05, 0.1) is 11.4 Å². The standard InChI is InChI=1S/C8H4N2O5S/c11-4-9-6-1-7(10-5-12)3-8(2-6)15-16(13)14/h1-3H,(H,13,14)/p-1. The molecule has 0 bridgehead atoms. The third-order valence-corrected chi connectivity index (χ3v) is 1.72. The lowest BCUT2D eigenvalue weighted by molar-refractivity contribution is 0.440. The van der Waals surface area contributed by atoms with Crippen LogP contribution in [0.5, 0.6) is 5.75 Å². The highest BCUT2D eigenvalue weighted by molar-refractivity contribution is 7.74. The average molecular weight is 239 g/mol. The minimum Gasteiger partial charge on any atom is -0.740 e. The minimum atomic E-state index is -2.77. The third-order valence-electron chi connectivity index (χ3n) is 1.39. The van der Waals surface area contributed by atoms with E-state index in [-0.39, 0.29) is 17.1 Å². The monoisotopic (exact) mass is 239 g/mol. The van der Waals surface area contributed by atoms with Gasteiger partial charge in [-0.05, 0) is 6.07 Å². The van der Waals surface area contributed by atoms with Gasteiger partial charge in [-0.3, -0.25) is 0 Å². The van der Waals surface area contributed by atoms with Crippen LogP contribution in [0.2, 0.25) is 0 Å². The predicted octanol–water partition coefficient (Wildman–Crippen LogP) is 0.794. The summed E-state index contributed by atoms with van der Waals surface area (Å²) in [5, 5.41) is 0. The Balaban J connectivity index is 3.22. The molecule has 0 heterocycles. The number of rotatable bonds is 4. The van der Waals surface area contributed by atoms with E-state index in [1.807, 2.05) is 0 Å². The molecule has 0 aromatic heterocycles. The van der Waals surface area contributed by atoms with Crippen LogP contribution in [-0.4, -0.2) is 20.9 Å². The molecule has 0 N–H and O–H groups in total. The Morgan fingerprint density at radius 3 is 2.00 bits per heavy atom. The van der Waals surface area contributed by atoms with Crippen molar-refractivity contribution in [2.24, 2.45) is 9.98 Å². The summed E-state index contributed by atoms with van der Waals surface area (Å²) >= 11 is -2.77. The summed E-state index contributed by atoms with van der Waals surface area (Å²) in [4.78, 5) is 26.5. The van der Waals surface area contributed by atoms with Crippen molar-refractivity contribution in [1.29, 1.82) is 0 Å². The van der Waals surface area contributed by atoms with Crippen LogP contribution < -0.4 is 4.18 Å². The predicted molar refractivity (Wildman–Crippen MR) is 51.6 cm³/mol. The molecule has 1 unspecified atom stereocenters. The molecule has 0 saturated carbocycles. The average Bonchev–Trinajstić information content (AvgIpc) is 2.17. The summed E-state index contributed by atoms with van der Waals surface area (Å²) in [6.45, 7) is 0. The summed E-state index contributed by atoms with van der Waals surface area (Å²) in [7, 11) is 0. The van der Waals surface area contributed by atoms with Crippen molar-refractivity contribution in [2.45, 2.75) is 0 Å². The Bertz CT molecular complexity index is 481. The van der Waals surface area contributed by atoms with E-state index < -0.39 is 11.4 Å². The van der Waals surface area contributed by atoms with Gasteiger partial charge in [-0.1, -0.05) is 0 Å². The normalized spacial score (nSPS) is 10.8. The lowest BCUT2D eigenvalue weighted by Crippen LogP contribution is -1.97. The first kappa shape index (κ1) is 12.0. The molecule has 0 fully saturated rings. The number of hydrogen-bond donors (Lipinski definition) is 0. The second-order valence-electron chi connectivity index (χ2n) is 2.38. The maximum absolute atomic E-state index is 10.3. The van der Waals surface area contributed by atoms with Crippen LogP contribution in [0.3, 0.4) is 0 Å². The lowest BCUT2D eigenvalue weighted by Gasteiger charge is -2.07. The molecule has 0 spiro atoms. The maximum Gasteiger partial charge on any atom is 0.240 e. The number of aliphatic imine (C=N–C) groups is 2. The fourth-order valence-electron chi connectivity index (χ4n) is 0.929. The highest BCUT2D eigenvalue weighted by atomic mass is 32.2. The Hall–Kier alpha value is -2.11. The van der Waals surface area contributed by atoms with Crippen LogP contribution in [0, 0.1) is 0 Å². The SMILES string of the molecule is O=C=Nc1cc(N=C=O)cc(OS(=O)[O-])c1. The number of nitrogens with zero attached hydrogens (tertiary/aromatic N) is 2. The molecule has 82 valence electrons. The summed E-state index contributed by atoms with van der Waals surface area (Å²) in [6, 6.07) is 3.60. The van der Waals surface area contributed by atoms with E-state index in [1.165, 1.54) is 30.4 Å².